The van der Waals surface area contributed by atoms with Crippen LogP contribution in [0.4, 0.5) is 5.69 Å². The molecule has 1 heterocycles. The zero-order chi connectivity index (χ0) is 14.0. The molecule has 2 aromatic carbocycles. The van der Waals surface area contributed by atoms with Crippen molar-refractivity contribution in [3.8, 4) is 0 Å². The van der Waals surface area contributed by atoms with Crippen LogP contribution in [0.5, 0.6) is 0 Å². The van der Waals surface area contributed by atoms with Crippen LogP contribution < -0.4 is 11.1 Å². The second kappa shape index (κ2) is 5.27. The van der Waals surface area contributed by atoms with E-state index < -0.39 is 5.60 Å². The van der Waals surface area contributed by atoms with Gasteiger partial charge in [0, 0.05) is 12.2 Å². The molecule has 104 valence electrons. The molecule has 3 heteroatoms. The maximum Gasteiger partial charge on any atom is 0.122 e. The highest BCUT2D eigenvalue weighted by molar-refractivity contribution is 5.54. The van der Waals surface area contributed by atoms with E-state index in [1.54, 1.807) is 0 Å². The normalized spacial score (nSPS) is 20.6. The molecule has 2 unspecified atom stereocenters. The van der Waals surface area contributed by atoms with Gasteiger partial charge in [-0.3, -0.25) is 0 Å². The van der Waals surface area contributed by atoms with Crippen molar-refractivity contribution >= 4 is 5.69 Å². The number of hydrogen-bond donors (Lipinski definition) is 3. The standard InChI is InChI=1S/C17H20N2O/c18-12-17(20,14-7-2-1-3-8-14)16-11-10-13-6-4-5-9-15(13)19-16/h1-9,16,19-20H,10-12,18H2. The number of fused-ring (bicyclic) bond motifs is 1. The molecule has 1 aliphatic rings. The highest BCUT2D eigenvalue weighted by atomic mass is 16.3. The lowest BCUT2D eigenvalue weighted by Crippen LogP contribution is -2.51. The van der Waals surface area contributed by atoms with E-state index in [1.165, 1.54) is 5.56 Å². The summed E-state index contributed by atoms with van der Waals surface area (Å²) in [6, 6.07) is 17.9. The predicted molar refractivity (Wildman–Crippen MR) is 81.6 cm³/mol. The Morgan fingerprint density at radius 2 is 1.80 bits per heavy atom. The van der Waals surface area contributed by atoms with Crippen molar-refractivity contribution in [1.82, 2.24) is 0 Å². The Morgan fingerprint density at radius 1 is 1.10 bits per heavy atom. The van der Waals surface area contributed by atoms with Crippen molar-refractivity contribution in [1.29, 1.82) is 0 Å². The van der Waals surface area contributed by atoms with Gasteiger partial charge in [0.1, 0.15) is 5.60 Å². The second-order valence-electron chi connectivity index (χ2n) is 5.39. The fourth-order valence-electron chi connectivity index (χ4n) is 2.99. The molecule has 0 bridgehead atoms. The Kier molecular flexibility index (Phi) is 3.47. The molecular formula is C17H20N2O. The van der Waals surface area contributed by atoms with E-state index in [-0.39, 0.29) is 12.6 Å². The molecular weight excluding hydrogens is 248 g/mol. The zero-order valence-electron chi connectivity index (χ0n) is 11.4. The molecule has 1 aliphatic heterocycles. The molecule has 2 atom stereocenters. The summed E-state index contributed by atoms with van der Waals surface area (Å²) in [5.41, 5.74) is 8.15. The SMILES string of the molecule is NCC(O)(c1ccccc1)C1CCc2ccccc2N1. The van der Waals surface area contributed by atoms with Gasteiger partial charge in [-0.15, -0.1) is 0 Å². The minimum Gasteiger partial charge on any atom is -0.382 e. The first-order valence-corrected chi connectivity index (χ1v) is 7.06. The van der Waals surface area contributed by atoms with Crippen LogP contribution in [0, 0.1) is 0 Å². The van der Waals surface area contributed by atoms with Gasteiger partial charge >= 0.3 is 0 Å². The van der Waals surface area contributed by atoms with Crippen molar-refractivity contribution in [2.75, 3.05) is 11.9 Å². The van der Waals surface area contributed by atoms with Crippen LogP contribution >= 0.6 is 0 Å². The van der Waals surface area contributed by atoms with Crippen LogP contribution in [0.3, 0.4) is 0 Å². The van der Waals surface area contributed by atoms with Crippen LogP contribution in [0.15, 0.2) is 54.6 Å². The van der Waals surface area contributed by atoms with Gasteiger partial charge in [-0.25, -0.2) is 0 Å². The van der Waals surface area contributed by atoms with E-state index in [0.717, 1.165) is 24.1 Å². The van der Waals surface area contributed by atoms with Crippen LogP contribution in [0.1, 0.15) is 17.5 Å². The van der Waals surface area contributed by atoms with E-state index in [9.17, 15) is 5.11 Å². The van der Waals surface area contributed by atoms with Gasteiger partial charge < -0.3 is 16.2 Å². The molecule has 0 aliphatic carbocycles. The van der Waals surface area contributed by atoms with Crippen LogP contribution in [0.25, 0.3) is 0 Å². The molecule has 0 fully saturated rings. The molecule has 0 saturated carbocycles. The van der Waals surface area contributed by atoms with Crippen molar-refractivity contribution in [3.05, 3.63) is 65.7 Å². The summed E-state index contributed by atoms with van der Waals surface area (Å²) in [4.78, 5) is 0. The summed E-state index contributed by atoms with van der Waals surface area (Å²) in [5, 5.41) is 14.5. The molecule has 3 rings (SSSR count). The van der Waals surface area contributed by atoms with Gasteiger partial charge in [0.05, 0.1) is 6.04 Å². The summed E-state index contributed by atoms with van der Waals surface area (Å²) >= 11 is 0. The molecule has 20 heavy (non-hydrogen) atoms. The van der Waals surface area contributed by atoms with Crippen molar-refractivity contribution < 1.29 is 5.11 Å². The van der Waals surface area contributed by atoms with E-state index in [0.29, 0.717) is 0 Å². The second-order valence-corrected chi connectivity index (χ2v) is 5.39. The third-order valence-electron chi connectivity index (χ3n) is 4.21. The maximum atomic E-state index is 11.1. The van der Waals surface area contributed by atoms with Crippen molar-refractivity contribution in [2.45, 2.75) is 24.5 Å². The molecule has 2 aromatic rings. The number of hydrogen-bond acceptors (Lipinski definition) is 3. The molecule has 0 radical (unpaired) electrons. The predicted octanol–water partition coefficient (Wildman–Crippen LogP) is 2.26. The number of nitrogens with two attached hydrogens (primary N) is 1. The maximum absolute atomic E-state index is 11.1. The summed E-state index contributed by atoms with van der Waals surface area (Å²) in [7, 11) is 0. The highest BCUT2D eigenvalue weighted by Crippen LogP contribution is 2.34. The van der Waals surface area contributed by atoms with E-state index in [1.807, 2.05) is 42.5 Å². The minimum atomic E-state index is -1.03. The van der Waals surface area contributed by atoms with Gasteiger partial charge in [-0.1, -0.05) is 48.5 Å². The van der Waals surface area contributed by atoms with Gasteiger partial charge in [0.25, 0.3) is 0 Å². The average Bonchev–Trinajstić information content (AvgIpc) is 2.54. The number of aliphatic hydroxyl groups is 1. The molecule has 0 aromatic heterocycles. The largest absolute Gasteiger partial charge is 0.382 e. The fraction of sp³-hybridized carbons (Fsp3) is 0.294. The Hall–Kier alpha value is -1.84. The third kappa shape index (κ3) is 2.19. The van der Waals surface area contributed by atoms with Crippen LogP contribution in [-0.4, -0.2) is 17.7 Å². The Labute approximate surface area is 119 Å². The zero-order valence-corrected chi connectivity index (χ0v) is 11.4. The number of benzene rings is 2. The number of anilines is 1. The summed E-state index contributed by atoms with van der Waals surface area (Å²) in [5.74, 6) is 0. The first kappa shape index (κ1) is 13.2. The summed E-state index contributed by atoms with van der Waals surface area (Å²) in [6.07, 6.45) is 1.84. The van der Waals surface area contributed by atoms with Gasteiger partial charge in [0.15, 0.2) is 0 Å². The lowest BCUT2D eigenvalue weighted by atomic mass is 9.81. The molecule has 3 nitrogen and oxygen atoms in total. The molecule has 0 spiro atoms. The number of para-hydroxylation sites is 1. The molecule has 0 amide bonds. The smallest absolute Gasteiger partial charge is 0.122 e. The quantitative estimate of drug-likeness (QED) is 0.800. The van der Waals surface area contributed by atoms with E-state index in [2.05, 4.69) is 17.4 Å². The first-order valence-electron chi connectivity index (χ1n) is 7.06. The number of nitrogens with one attached hydrogen (secondary N) is 1. The lowest BCUT2D eigenvalue weighted by Gasteiger charge is -2.39. The average molecular weight is 268 g/mol. The Bertz CT molecular complexity index is 585. The number of aryl methyl sites for hydroxylation is 1. The third-order valence-corrected chi connectivity index (χ3v) is 4.21. The van der Waals surface area contributed by atoms with Gasteiger partial charge in [0.2, 0.25) is 0 Å². The van der Waals surface area contributed by atoms with E-state index in [4.69, 9.17) is 5.73 Å². The first-order chi connectivity index (χ1) is 9.74. The highest BCUT2D eigenvalue weighted by Gasteiger charge is 2.38. The van der Waals surface area contributed by atoms with Crippen molar-refractivity contribution in [3.63, 3.8) is 0 Å². The molecule has 4 N–H and O–H groups in total. The minimum absolute atomic E-state index is 0.0650. The summed E-state index contributed by atoms with van der Waals surface area (Å²) in [6.45, 7) is 0.205. The summed E-state index contributed by atoms with van der Waals surface area (Å²) < 4.78 is 0. The fourth-order valence-corrected chi connectivity index (χ4v) is 2.99. The van der Waals surface area contributed by atoms with Gasteiger partial charge in [-0.2, -0.15) is 0 Å². The van der Waals surface area contributed by atoms with Gasteiger partial charge in [-0.05, 0) is 30.0 Å². The monoisotopic (exact) mass is 268 g/mol. The van der Waals surface area contributed by atoms with E-state index >= 15 is 0 Å². The Balaban J connectivity index is 1.92. The topological polar surface area (TPSA) is 58.3 Å². The number of rotatable bonds is 3. The Morgan fingerprint density at radius 3 is 2.55 bits per heavy atom. The van der Waals surface area contributed by atoms with Crippen LogP contribution in [0.2, 0.25) is 0 Å². The van der Waals surface area contributed by atoms with Crippen molar-refractivity contribution in [2.24, 2.45) is 5.73 Å². The van der Waals surface area contributed by atoms with Crippen LogP contribution in [-0.2, 0) is 12.0 Å². The lowest BCUT2D eigenvalue weighted by molar-refractivity contribution is 0.0217. The molecule has 0 saturated heterocycles.